The first kappa shape index (κ1) is 27.3. The molecule has 0 amide bonds. The van der Waals surface area contributed by atoms with Crippen LogP contribution in [-0.2, 0) is 6.42 Å². The van der Waals surface area contributed by atoms with Gasteiger partial charge in [0.15, 0.2) is 11.6 Å². The van der Waals surface area contributed by atoms with Crippen LogP contribution in [0, 0.1) is 29.3 Å². The molecular weight excluding hydrogens is 490 g/mol. The highest BCUT2D eigenvalue weighted by atomic mass is 19.4. The number of aryl methyl sites for hydroxylation is 1. The standard InChI is InChI=1S/C30H32F6O/c1-2-3-4-5-19-6-8-20(9-7-19)10-11-21-16-25(31)28(26(32)17-21)23-12-14-24-22(18-23)13-15-27(29(24)33)37-30(34,35)36/h12-20H,2-11H2,1H3. The molecule has 4 rings (SSSR count). The van der Waals surface area contributed by atoms with Gasteiger partial charge in [-0.3, -0.25) is 0 Å². The van der Waals surface area contributed by atoms with Crippen molar-refractivity contribution in [1.29, 1.82) is 0 Å². The van der Waals surface area contributed by atoms with Crippen LogP contribution >= 0.6 is 0 Å². The van der Waals surface area contributed by atoms with E-state index >= 15 is 8.78 Å². The van der Waals surface area contributed by atoms with E-state index < -0.39 is 29.6 Å². The Bertz CT molecular complexity index is 1190. The van der Waals surface area contributed by atoms with Gasteiger partial charge in [-0.1, -0.05) is 76.5 Å². The minimum Gasteiger partial charge on any atom is -0.403 e. The summed E-state index contributed by atoms with van der Waals surface area (Å²) in [5.41, 5.74) is 0.540. The molecule has 3 aromatic carbocycles. The van der Waals surface area contributed by atoms with Crippen molar-refractivity contribution >= 4 is 10.8 Å². The lowest BCUT2D eigenvalue weighted by Crippen LogP contribution is -2.18. The summed E-state index contributed by atoms with van der Waals surface area (Å²) < 4.78 is 85.7. The van der Waals surface area contributed by atoms with Crippen molar-refractivity contribution in [2.24, 2.45) is 11.8 Å². The van der Waals surface area contributed by atoms with Crippen molar-refractivity contribution in [3.63, 3.8) is 0 Å². The summed E-state index contributed by atoms with van der Waals surface area (Å²) in [7, 11) is 0. The van der Waals surface area contributed by atoms with Crippen LogP contribution in [0.25, 0.3) is 21.9 Å². The molecule has 37 heavy (non-hydrogen) atoms. The molecule has 0 atom stereocenters. The highest BCUT2D eigenvalue weighted by Gasteiger charge is 2.32. The summed E-state index contributed by atoms with van der Waals surface area (Å²) in [4.78, 5) is 0. The average molecular weight is 523 g/mol. The minimum absolute atomic E-state index is 0.136. The zero-order valence-corrected chi connectivity index (χ0v) is 20.9. The summed E-state index contributed by atoms with van der Waals surface area (Å²) in [6.07, 6.45) is 6.43. The molecule has 0 aliphatic heterocycles. The smallest absolute Gasteiger partial charge is 0.403 e. The van der Waals surface area contributed by atoms with Crippen molar-refractivity contribution in [2.45, 2.75) is 77.5 Å². The summed E-state index contributed by atoms with van der Waals surface area (Å²) in [5.74, 6) is -2.18. The topological polar surface area (TPSA) is 9.23 Å². The Morgan fingerprint density at radius 3 is 2.08 bits per heavy atom. The maximum absolute atomic E-state index is 15.0. The summed E-state index contributed by atoms with van der Waals surface area (Å²) in [5, 5.41) is 0.0701. The first-order valence-electron chi connectivity index (χ1n) is 13.1. The number of halogens is 6. The molecule has 3 aromatic rings. The second-order valence-corrected chi connectivity index (χ2v) is 10.2. The van der Waals surface area contributed by atoms with E-state index in [4.69, 9.17) is 0 Å². The van der Waals surface area contributed by atoms with Gasteiger partial charge in [-0.2, -0.15) is 0 Å². The number of hydrogen-bond donors (Lipinski definition) is 0. The molecule has 0 unspecified atom stereocenters. The van der Waals surface area contributed by atoms with Gasteiger partial charge in [0.1, 0.15) is 11.6 Å². The Labute approximate surface area is 213 Å². The SMILES string of the molecule is CCCCCC1CCC(CCc2cc(F)c(-c3ccc4c(F)c(OC(F)(F)F)ccc4c3)c(F)c2)CC1. The molecule has 0 N–H and O–H groups in total. The summed E-state index contributed by atoms with van der Waals surface area (Å²) in [6, 6.07) is 8.63. The van der Waals surface area contributed by atoms with E-state index in [-0.39, 0.29) is 21.9 Å². The Morgan fingerprint density at radius 2 is 1.46 bits per heavy atom. The molecule has 200 valence electrons. The van der Waals surface area contributed by atoms with E-state index in [9.17, 15) is 17.6 Å². The molecule has 0 aromatic heterocycles. The third-order valence-corrected chi connectivity index (χ3v) is 7.56. The van der Waals surface area contributed by atoms with Gasteiger partial charge in [-0.25, -0.2) is 13.2 Å². The number of hydrogen-bond acceptors (Lipinski definition) is 1. The summed E-state index contributed by atoms with van der Waals surface area (Å²) >= 11 is 0. The maximum atomic E-state index is 15.0. The van der Waals surface area contributed by atoms with Gasteiger partial charge < -0.3 is 4.74 Å². The van der Waals surface area contributed by atoms with Gasteiger partial charge in [0.2, 0.25) is 0 Å². The molecule has 7 heteroatoms. The lowest BCUT2D eigenvalue weighted by atomic mass is 9.77. The lowest BCUT2D eigenvalue weighted by molar-refractivity contribution is -0.275. The van der Waals surface area contributed by atoms with Crippen molar-refractivity contribution < 1.29 is 31.1 Å². The number of benzene rings is 3. The molecule has 1 aliphatic carbocycles. The number of unbranched alkanes of at least 4 members (excludes halogenated alkanes) is 2. The molecule has 0 saturated heterocycles. The molecule has 0 bridgehead atoms. The summed E-state index contributed by atoms with van der Waals surface area (Å²) in [6.45, 7) is 2.22. The van der Waals surface area contributed by atoms with E-state index in [0.29, 0.717) is 17.9 Å². The van der Waals surface area contributed by atoms with Crippen LogP contribution in [0.15, 0.2) is 42.5 Å². The van der Waals surface area contributed by atoms with E-state index in [0.717, 1.165) is 18.4 Å². The fourth-order valence-electron chi connectivity index (χ4n) is 5.54. The lowest BCUT2D eigenvalue weighted by Gasteiger charge is -2.28. The van der Waals surface area contributed by atoms with Crippen LogP contribution in [0.3, 0.4) is 0 Å². The van der Waals surface area contributed by atoms with E-state index in [1.54, 1.807) is 0 Å². The third kappa shape index (κ3) is 6.99. The van der Waals surface area contributed by atoms with Gasteiger partial charge in [-0.15, -0.1) is 13.2 Å². The van der Waals surface area contributed by atoms with Gasteiger partial charge in [0.05, 0.1) is 5.56 Å². The fourth-order valence-corrected chi connectivity index (χ4v) is 5.54. The molecule has 1 fully saturated rings. The number of ether oxygens (including phenoxy) is 1. The third-order valence-electron chi connectivity index (χ3n) is 7.56. The van der Waals surface area contributed by atoms with Gasteiger partial charge >= 0.3 is 6.36 Å². The van der Waals surface area contributed by atoms with Crippen LogP contribution in [0.2, 0.25) is 0 Å². The molecule has 0 radical (unpaired) electrons. The van der Waals surface area contributed by atoms with Crippen LogP contribution in [0.5, 0.6) is 5.75 Å². The predicted molar refractivity (Wildman–Crippen MR) is 134 cm³/mol. The van der Waals surface area contributed by atoms with Crippen LogP contribution < -0.4 is 4.74 Å². The predicted octanol–water partition coefficient (Wildman–Crippen LogP) is 10.1. The number of fused-ring (bicyclic) bond motifs is 1. The largest absolute Gasteiger partial charge is 0.573 e. The van der Waals surface area contributed by atoms with Gasteiger partial charge in [0, 0.05) is 5.39 Å². The minimum atomic E-state index is -5.03. The molecule has 0 spiro atoms. The van der Waals surface area contributed by atoms with E-state index in [2.05, 4.69) is 11.7 Å². The quantitative estimate of drug-likeness (QED) is 0.201. The second-order valence-electron chi connectivity index (χ2n) is 10.2. The highest BCUT2D eigenvalue weighted by molar-refractivity contribution is 5.89. The van der Waals surface area contributed by atoms with Gasteiger partial charge in [-0.05, 0) is 65.5 Å². The van der Waals surface area contributed by atoms with E-state index in [1.165, 1.54) is 87.8 Å². The molecule has 1 nitrogen and oxygen atoms in total. The normalized spacial score (nSPS) is 18.4. The first-order chi connectivity index (χ1) is 17.6. The monoisotopic (exact) mass is 522 g/mol. The van der Waals surface area contributed by atoms with Crippen LogP contribution in [0.4, 0.5) is 26.3 Å². The molecular formula is C30H32F6O. The molecule has 1 saturated carbocycles. The number of rotatable bonds is 9. The zero-order chi connectivity index (χ0) is 26.6. The van der Waals surface area contributed by atoms with Crippen molar-refractivity contribution in [3.05, 3.63) is 65.5 Å². The Kier molecular flexibility index (Phi) is 8.71. The Hall–Kier alpha value is -2.70. The fraction of sp³-hybridized carbons (Fsp3) is 0.467. The Morgan fingerprint density at radius 1 is 0.811 bits per heavy atom. The molecule has 0 heterocycles. The average Bonchev–Trinajstić information content (AvgIpc) is 2.84. The molecule has 1 aliphatic rings. The first-order valence-corrected chi connectivity index (χ1v) is 13.1. The van der Waals surface area contributed by atoms with Crippen LogP contribution in [0.1, 0.15) is 70.3 Å². The zero-order valence-electron chi connectivity index (χ0n) is 20.9. The highest BCUT2D eigenvalue weighted by Crippen LogP contribution is 2.36. The van der Waals surface area contributed by atoms with Crippen LogP contribution in [-0.4, -0.2) is 6.36 Å². The maximum Gasteiger partial charge on any atom is 0.573 e. The second kappa shape index (κ2) is 11.8. The van der Waals surface area contributed by atoms with Crippen molar-refractivity contribution in [2.75, 3.05) is 0 Å². The van der Waals surface area contributed by atoms with E-state index in [1.807, 2.05) is 0 Å². The van der Waals surface area contributed by atoms with Crippen molar-refractivity contribution in [3.8, 4) is 16.9 Å². The Balaban J connectivity index is 1.43. The number of alkyl halides is 3. The van der Waals surface area contributed by atoms with Gasteiger partial charge in [0.25, 0.3) is 0 Å². The van der Waals surface area contributed by atoms with Crippen molar-refractivity contribution in [1.82, 2.24) is 0 Å².